The Morgan fingerprint density at radius 2 is 0.386 bits per heavy atom. The number of alkyl halides is 18. The van der Waals surface area contributed by atoms with Crippen LogP contribution in [0.15, 0.2) is 194 Å². The molecule has 10 aromatic rings. The zero-order chi connectivity index (χ0) is 59.0. The molecule has 0 heterocycles. The summed E-state index contributed by atoms with van der Waals surface area (Å²) < 4.78 is 281. The van der Waals surface area contributed by atoms with Crippen LogP contribution in [0.4, 0.5) is 79.0 Å². The van der Waals surface area contributed by atoms with Crippen LogP contribution in [0.1, 0.15) is 33.4 Å². The molecule has 13 rings (SSSR count). The standard InChI is InChI=1S/C65H32F18/c66-60(67,68)57(61(69,70)71)51-8-4-3-7-45(51)46-20-16-41(29-52(46)57)42-17-22-49-50-24-19-44(32-56(50)59(55(49)30-42,64(78,79)80)65(81,82)83)43-18-23-48-47-21-15-40(28-53(47)58(54(48)31-43,62(72,73)74)63(75,76)77)39-14-13-37-26-36(11-12-38(37)27-39)35-10-9-33-5-1-2-6-34(33)25-35/h1-32H. The molecule has 0 spiro atoms. The zero-order valence-corrected chi connectivity index (χ0v) is 41.8. The summed E-state index contributed by atoms with van der Waals surface area (Å²) in [5, 5.41) is 3.33. The lowest BCUT2D eigenvalue weighted by Crippen LogP contribution is -2.53. The Bertz CT molecular complexity index is 4330. The molecule has 0 N–H and O–H groups in total. The summed E-state index contributed by atoms with van der Waals surface area (Å²) in [4.78, 5) is 0. The first kappa shape index (κ1) is 53.8. The Hall–Kier alpha value is -8.54. The number of halogens is 18. The maximum atomic E-state index is 15.9. The Labute approximate surface area is 457 Å². The second kappa shape index (κ2) is 17.3. The molecule has 0 fully saturated rings. The van der Waals surface area contributed by atoms with Gasteiger partial charge < -0.3 is 0 Å². The van der Waals surface area contributed by atoms with E-state index in [4.69, 9.17) is 0 Å². The lowest BCUT2D eigenvalue weighted by molar-refractivity contribution is -0.288. The van der Waals surface area contributed by atoms with Crippen LogP contribution in [0.3, 0.4) is 0 Å². The van der Waals surface area contributed by atoms with Crippen molar-refractivity contribution in [2.45, 2.75) is 53.3 Å². The molecule has 0 unspecified atom stereocenters. The van der Waals surface area contributed by atoms with Gasteiger partial charge in [0.25, 0.3) is 0 Å². The van der Waals surface area contributed by atoms with Crippen molar-refractivity contribution in [3.8, 4) is 77.9 Å². The topological polar surface area (TPSA) is 0 Å². The molecule has 0 saturated carbocycles. The molecule has 10 aromatic carbocycles. The van der Waals surface area contributed by atoms with Gasteiger partial charge in [0.15, 0.2) is 0 Å². The molecule has 0 radical (unpaired) electrons. The van der Waals surface area contributed by atoms with Gasteiger partial charge >= 0.3 is 37.1 Å². The summed E-state index contributed by atoms with van der Waals surface area (Å²) in [7, 11) is 0. The molecular weight excluding hydrogens is 1120 g/mol. The quantitative estimate of drug-likeness (QED) is 0.154. The molecule has 0 saturated heterocycles. The minimum Gasteiger partial charge on any atom is -0.169 e. The van der Waals surface area contributed by atoms with Crippen LogP contribution in [-0.4, -0.2) is 37.1 Å². The molecule has 0 bridgehead atoms. The minimum atomic E-state index is -6.35. The van der Waals surface area contributed by atoms with Gasteiger partial charge in [0.1, 0.15) is 0 Å². The third kappa shape index (κ3) is 7.25. The average molecular weight is 1150 g/mol. The predicted octanol–water partition coefficient (Wildman–Crippen LogP) is 20.8. The van der Waals surface area contributed by atoms with E-state index >= 15 is 79.0 Å². The summed E-state index contributed by atoms with van der Waals surface area (Å²) in [5.41, 5.74) is -26.9. The molecule has 0 nitrogen and oxygen atoms in total. The van der Waals surface area contributed by atoms with Gasteiger partial charge in [-0.05, 0) is 181 Å². The van der Waals surface area contributed by atoms with Gasteiger partial charge in [-0.1, -0.05) is 146 Å². The van der Waals surface area contributed by atoms with Gasteiger partial charge in [0, 0.05) is 0 Å². The molecule has 18 heteroatoms. The van der Waals surface area contributed by atoms with Gasteiger partial charge in [-0.3, -0.25) is 0 Å². The monoisotopic (exact) mass is 1150 g/mol. The molecule has 3 aliphatic rings. The average Bonchev–Trinajstić information content (AvgIpc) is 1.61. The van der Waals surface area contributed by atoms with Crippen LogP contribution in [0.5, 0.6) is 0 Å². The maximum absolute atomic E-state index is 15.9. The molecule has 0 atom stereocenters. The van der Waals surface area contributed by atoms with Crippen molar-refractivity contribution in [1.29, 1.82) is 0 Å². The fraction of sp³-hybridized carbons (Fsp3) is 0.138. The zero-order valence-electron chi connectivity index (χ0n) is 41.8. The summed E-state index contributed by atoms with van der Waals surface area (Å²) in [6, 6.07) is 39.4. The van der Waals surface area contributed by atoms with E-state index in [0.29, 0.717) is 41.1 Å². The van der Waals surface area contributed by atoms with Gasteiger partial charge in [-0.15, -0.1) is 0 Å². The Morgan fingerprint density at radius 3 is 0.687 bits per heavy atom. The Kier molecular flexibility index (Phi) is 11.2. The first-order chi connectivity index (χ1) is 38.9. The summed E-state index contributed by atoms with van der Waals surface area (Å²) in [5.74, 6) is 0. The fourth-order valence-electron chi connectivity index (χ4n) is 13.1. The number of hydrogen-bond acceptors (Lipinski definition) is 0. The van der Waals surface area contributed by atoms with E-state index in [9.17, 15) is 0 Å². The van der Waals surface area contributed by atoms with Crippen molar-refractivity contribution in [3.05, 3.63) is 228 Å². The molecular formula is C65H32F18. The second-order valence-electron chi connectivity index (χ2n) is 20.9. The van der Waals surface area contributed by atoms with Crippen molar-refractivity contribution in [1.82, 2.24) is 0 Å². The fourth-order valence-corrected chi connectivity index (χ4v) is 13.1. The normalized spacial score (nSPS) is 15.9. The van der Waals surface area contributed by atoms with Crippen LogP contribution in [0.25, 0.3) is 99.4 Å². The van der Waals surface area contributed by atoms with E-state index in [1.165, 1.54) is 18.2 Å². The smallest absolute Gasteiger partial charge is 0.169 e. The molecule has 0 aromatic heterocycles. The van der Waals surface area contributed by atoms with Gasteiger partial charge in [-0.2, -0.15) is 79.0 Å². The van der Waals surface area contributed by atoms with Crippen molar-refractivity contribution in [3.63, 3.8) is 0 Å². The van der Waals surface area contributed by atoms with E-state index in [-0.39, 0.29) is 11.1 Å². The van der Waals surface area contributed by atoms with Crippen LogP contribution < -0.4 is 0 Å². The van der Waals surface area contributed by atoms with Crippen molar-refractivity contribution in [2.75, 3.05) is 0 Å². The van der Waals surface area contributed by atoms with Crippen molar-refractivity contribution in [2.24, 2.45) is 0 Å². The lowest BCUT2D eigenvalue weighted by Gasteiger charge is -2.36. The van der Waals surface area contributed by atoms with Gasteiger partial charge in [-0.25, -0.2) is 0 Å². The largest absolute Gasteiger partial charge is 0.411 e. The maximum Gasteiger partial charge on any atom is 0.411 e. The highest BCUT2D eigenvalue weighted by molar-refractivity contribution is 5.95. The van der Waals surface area contributed by atoms with Crippen molar-refractivity contribution >= 4 is 21.5 Å². The summed E-state index contributed by atoms with van der Waals surface area (Å²) >= 11 is 0. The Morgan fingerprint density at radius 1 is 0.181 bits per heavy atom. The van der Waals surface area contributed by atoms with Crippen LogP contribution in [-0.2, 0) is 16.2 Å². The number of benzene rings is 10. The number of hydrogen-bond donors (Lipinski definition) is 0. The minimum absolute atomic E-state index is 0.0374. The molecule has 0 amide bonds. The van der Waals surface area contributed by atoms with Crippen LogP contribution >= 0.6 is 0 Å². The highest BCUT2D eigenvalue weighted by Gasteiger charge is 2.78. The molecule has 3 aliphatic carbocycles. The third-order valence-corrected chi connectivity index (χ3v) is 16.8. The van der Waals surface area contributed by atoms with Crippen LogP contribution in [0, 0.1) is 0 Å². The molecule has 0 aliphatic heterocycles. The number of fused-ring (bicyclic) bond motifs is 11. The van der Waals surface area contributed by atoms with E-state index < -0.39 is 142 Å². The molecule has 83 heavy (non-hydrogen) atoms. The Balaban J connectivity index is 0.910. The second-order valence-corrected chi connectivity index (χ2v) is 20.9. The first-order valence-electron chi connectivity index (χ1n) is 25.2. The van der Waals surface area contributed by atoms with E-state index in [1.54, 1.807) is 18.2 Å². The van der Waals surface area contributed by atoms with E-state index in [0.717, 1.165) is 94.7 Å². The van der Waals surface area contributed by atoms with Gasteiger partial charge in [0.05, 0.1) is 0 Å². The van der Waals surface area contributed by atoms with Crippen LogP contribution in [0.2, 0.25) is 0 Å². The van der Waals surface area contributed by atoms with Crippen molar-refractivity contribution < 1.29 is 79.0 Å². The third-order valence-electron chi connectivity index (χ3n) is 16.8. The lowest BCUT2D eigenvalue weighted by atomic mass is 9.74. The SMILES string of the molecule is FC(F)(F)C1(C(F)(F)F)c2ccccc2-c2ccc(-c3ccc4c(c3)C(C(F)(F)F)(C(F)(F)F)c3cc(-c5ccc6c(c5)C(C(F)(F)F)(C(F)(F)F)c5cc(-c7ccc8cc(-c9ccc%10ccccc%10c9)ccc8c7)ccc5-6)ccc3-4)cc21. The highest BCUT2D eigenvalue weighted by atomic mass is 19.4. The van der Waals surface area contributed by atoms with E-state index in [2.05, 4.69) is 0 Å². The highest BCUT2D eigenvalue weighted by Crippen LogP contribution is 2.68. The van der Waals surface area contributed by atoms with Gasteiger partial charge in [0.2, 0.25) is 16.2 Å². The first-order valence-corrected chi connectivity index (χ1v) is 25.2. The summed E-state index contributed by atoms with van der Waals surface area (Å²) in [6.07, 6.45) is -37.2. The molecule has 418 valence electrons. The number of rotatable bonds is 4. The summed E-state index contributed by atoms with van der Waals surface area (Å²) in [6.45, 7) is 0. The predicted molar refractivity (Wildman–Crippen MR) is 278 cm³/mol. The van der Waals surface area contributed by atoms with E-state index in [1.807, 2.05) is 54.6 Å².